The average molecular weight is 428 g/mol. The number of rotatable bonds is 5. The second-order valence-electron chi connectivity index (χ2n) is 6.24. The fraction of sp³-hybridized carbons (Fsp3) is 0.0952. The van der Waals surface area contributed by atoms with Crippen molar-refractivity contribution >= 4 is 34.3 Å². The molecular weight excluding hydrogens is 412 g/mol. The van der Waals surface area contributed by atoms with Crippen LogP contribution in [0.2, 0.25) is 0 Å². The number of halogens is 2. The molecule has 8 heteroatoms. The number of thiazole rings is 2. The maximum Gasteiger partial charge on any atom is 0.270 e. The molecule has 4 nitrogen and oxygen atoms in total. The Morgan fingerprint density at radius 1 is 1.10 bits per heavy atom. The highest BCUT2D eigenvalue weighted by molar-refractivity contribution is 7.17. The summed E-state index contributed by atoms with van der Waals surface area (Å²) in [7, 11) is 0. The molecule has 2 aromatic carbocycles. The predicted octanol–water partition coefficient (Wildman–Crippen LogP) is 5.70. The molecule has 0 saturated carbocycles. The first kappa shape index (κ1) is 19.4. The van der Waals surface area contributed by atoms with Crippen LogP contribution in [0.5, 0.6) is 0 Å². The fourth-order valence-corrected chi connectivity index (χ4v) is 4.31. The van der Waals surface area contributed by atoms with E-state index in [9.17, 15) is 13.6 Å². The van der Waals surface area contributed by atoms with Crippen LogP contribution in [-0.4, -0.2) is 15.9 Å². The Kier molecular flexibility index (Phi) is 5.46. The molecule has 146 valence electrons. The fourth-order valence-electron chi connectivity index (χ4n) is 2.81. The number of aromatic nitrogens is 2. The minimum Gasteiger partial charge on any atom is -0.302 e. The molecule has 0 fully saturated rings. The highest BCUT2D eigenvalue weighted by atomic mass is 32.1. The van der Waals surface area contributed by atoms with E-state index in [2.05, 4.69) is 9.97 Å². The topological polar surface area (TPSA) is 46.1 Å². The third-order valence-electron chi connectivity index (χ3n) is 4.19. The quantitative estimate of drug-likeness (QED) is 0.410. The molecule has 0 aliphatic carbocycles. The Labute approximate surface area is 174 Å². The number of hydrogen-bond acceptors (Lipinski definition) is 5. The highest BCUT2D eigenvalue weighted by Gasteiger charge is 2.22. The molecule has 4 aromatic rings. The molecule has 1 amide bonds. The average Bonchev–Trinajstić information content (AvgIpc) is 3.36. The van der Waals surface area contributed by atoms with Gasteiger partial charge in [-0.3, -0.25) is 4.79 Å². The van der Waals surface area contributed by atoms with Crippen LogP contribution in [0.15, 0.2) is 60.1 Å². The molecular formula is C21H15F2N3OS2. The second kappa shape index (κ2) is 8.18. The van der Waals surface area contributed by atoms with Crippen molar-refractivity contribution in [2.45, 2.75) is 13.5 Å². The Balaban J connectivity index is 1.68. The van der Waals surface area contributed by atoms with Crippen LogP contribution in [0.1, 0.15) is 20.4 Å². The van der Waals surface area contributed by atoms with E-state index in [1.54, 1.807) is 30.3 Å². The molecule has 29 heavy (non-hydrogen) atoms. The lowest BCUT2D eigenvalue weighted by atomic mass is 10.2. The number of hydrogen-bond donors (Lipinski definition) is 0. The first-order chi connectivity index (χ1) is 14.0. The molecule has 0 N–H and O–H groups in total. The van der Waals surface area contributed by atoms with Crippen molar-refractivity contribution < 1.29 is 13.6 Å². The largest absolute Gasteiger partial charge is 0.302 e. The molecule has 0 unspecified atom stereocenters. The van der Waals surface area contributed by atoms with Crippen LogP contribution in [0.3, 0.4) is 0 Å². The Bertz CT molecular complexity index is 1150. The van der Waals surface area contributed by atoms with Gasteiger partial charge >= 0.3 is 0 Å². The van der Waals surface area contributed by atoms with Crippen LogP contribution < -0.4 is 4.90 Å². The molecule has 0 atom stereocenters. The molecule has 2 heterocycles. The van der Waals surface area contributed by atoms with Gasteiger partial charge in [0, 0.05) is 16.6 Å². The summed E-state index contributed by atoms with van der Waals surface area (Å²) in [4.78, 5) is 23.8. The number of benzene rings is 2. The van der Waals surface area contributed by atoms with Crippen LogP contribution in [0.25, 0.3) is 10.6 Å². The third-order valence-corrected chi connectivity index (χ3v) is 6.03. The summed E-state index contributed by atoms with van der Waals surface area (Å²) in [6.45, 7) is 2.13. The molecule has 0 bridgehead atoms. The molecule has 0 aliphatic rings. The van der Waals surface area contributed by atoms with E-state index in [1.807, 2.05) is 12.3 Å². The second-order valence-corrected chi connectivity index (χ2v) is 8.33. The summed E-state index contributed by atoms with van der Waals surface area (Å²) >= 11 is 2.61. The van der Waals surface area contributed by atoms with E-state index >= 15 is 0 Å². The van der Waals surface area contributed by atoms with Gasteiger partial charge in [-0.2, -0.15) is 0 Å². The molecule has 0 saturated heterocycles. The normalized spacial score (nSPS) is 10.9. The molecule has 0 aliphatic heterocycles. The lowest BCUT2D eigenvalue weighted by molar-refractivity contribution is 0.0988. The minimum absolute atomic E-state index is 0.238. The van der Waals surface area contributed by atoms with Crippen LogP contribution in [0, 0.1) is 18.6 Å². The van der Waals surface area contributed by atoms with Gasteiger partial charge in [-0.25, -0.2) is 18.7 Å². The minimum atomic E-state index is -0.394. The number of nitrogens with zero attached hydrogens (tertiary/aromatic N) is 3. The first-order valence-corrected chi connectivity index (χ1v) is 10.4. The summed E-state index contributed by atoms with van der Waals surface area (Å²) in [6, 6.07) is 12.0. The maximum atomic E-state index is 14.1. The van der Waals surface area contributed by atoms with Gasteiger partial charge < -0.3 is 4.90 Å². The van der Waals surface area contributed by atoms with Gasteiger partial charge in [-0.05, 0) is 43.3 Å². The van der Waals surface area contributed by atoms with Crippen molar-refractivity contribution in [2.24, 2.45) is 0 Å². The lowest BCUT2D eigenvalue weighted by Crippen LogP contribution is -2.30. The number of carbonyl (C=O) groups excluding carboxylic acids is 1. The lowest BCUT2D eigenvalue weighted by Gasteiger charge is -2.21. The van der Waals surface area contributed by atoms with Gasteiger partial charge in [0.05, 0.1) is 23.4 Å². The number of carbonyl (C=O) groups is 1. The maximum absolute atomic E-state index is 14.1. The van der Waals surface area contributed by atoms with Crippen molar-refractivity contribution in [2.75, 3.05) is 4.90 Å². The summed E-state index contributed by atoms with van der Waals surface area (Å²) in [5.41, 5.74) is 1.63. The van der Waals surface area contributed by atoms with Crippen LogP contribution >= 0.6 is 22.7 Å². The van der Waals surface area contributed by atoms with Crippen LogP contribution in [0.4, 0.5) is 14.5 Å². The van der Waals surface area contributed by atoms with Crippen molar-refractivity contribution in [3.05, 3.63) is 87.3 Å². The van der Waals surface area contributed by atoms with Gasteiger partial charge in [0.25, 0.3) is 5.91 Å². The van der Waals surface area contributed by atoms with Crippen molar-refractivity contribution in [1.82, 2.24) is 9.97 Å². The predicted molar refractivity (Wildman–Crippen MR) is 111 cm³/mol. The summed E-state index contributed by atoms with van der Waals surface area (Å²) in [6.07, 6.45) is 1.44. The Hall–Kier alpha value is -2.97. The Morgan fingerprint density at radius 2 is 1.86 bits per heavy atom. The number of aryl methyl sites for hydroxylation is 1. The first-order valence-electron chi connectivity index (χ1n) is 8.70. The number of amides is 1. The molecule has 2 aromatic heterocycles. The van der Waals surface area contributed by atoms with Crippen LogP contribution in [-0.2, 0) is 6.54 Å². The zero-order chi connectivity index (χ0) is 20.4. The third kappa shape index (κ3) is 4.23. The molecule has 0 radical (unpaired) electrons. The van der Waals surface area contributed by atoms with E-state index in [0.717, 1.165) is 22.0 Å². The highest BCUT2D eigenvalue weighted by Crippen LogP contribution is 2.29. The van der Waals surface area contributed by atoms with Crippen molar-refractivity contribution in [1.29, 1.82) is 0 Å². The standard InChI is InChI=1S/C21H15F2N3OS2/c1-13-25-15(12-28-13)11-26(16-8-6-14(22)7-9-16)21(27)19-10-24-20(29-19)17-4-2-3-5-18(17)23/h2-10,12H,11H2,1H3. The smallest absolute Gasteiger partial charge is 0.270 e. The Morgan fingerprint density at radius 3 is 2.55 bits per heavy atom. The zero-order valence-electron chi connectivity index (χ0n) is 15.3. The van der Waals surface area contributed by atoms with Gasteiger partial charge in [0.2, 0.25) is 0 Å². The zero-order valence-corrected chi connectivity index (χ0v) is 16.9. The van der Waals surface area contributed by atoms with Gasteiger partial charge in [0.1, 0.15) is 21.5 Å². The molecule has 0 spiro atoms. The SMILES string of the molecule is Cc1nc(CN(C(=O)c2cnc(-c3ccccc3F)s2)c2ccc(F)cc2)cs1. The summed E-state index contributed by atoms with van der Waals surface area (Å²) in [5.74, 6) is -1.08. The monoisotopic (exact) mass is 427 g/mol. The van der Waals surface area contributed by atoms with Crippen molar-refractivity contribution in [3.63, 3.8) is 0 Å². The van der Waals surface area contributed by atoms with E-state index in [-0.39, 0.29) is 18.3 Å². The van der Waals surface area contributed by atoms with Gasteiger partial charge in [0.15, 0.2) is 0 Å². The van der Waals surface area contributed by atoms with E-state index in [4.69, 9.17) is 0 Å². The summed E-state index contributed by atoms with van der Waals surface area (Å²) < 4.78 is 27.4. The molecule has 4 rings (SSSR count). The van der Waals surface area contributed by atoms with E-state index in [1.165, 1.54) is 40.6 Å². The van der Waals surface area contributed by atoms with Crippen molar-refractivity contribution in [3.8, 4) is 10.6 Å². The summed E-state index contributed by atoms with van der Waals surface area (Å²) in [5, 5.41) is 3.21. The van der Waals surface area contributed by atoms with Gasteiger partial charge in [-0.15, -0.1) is 22.7 Å². The van der Waals surface area contributed by atoms with Gasteiger partial charge in [-0.1, -0.05) is 12.1 Å². The number of anilines is 1. The van der Waals surface area contributed by atoms with E-state index < -0.39 is 5.82 Å². The van der Waals surface area contributed by atoms with E-state index in [0.29, 0.717) is 21.1 Å².